The molecular formula is C11H17BrN4O. The number of carbonyl (C=O) groups excluding carboxylic acids is 1. The van der Waals surface area contributed by atoms with Gasteiger partial charge in [-0.1, -0.05) is 0 Å². The Labute approximate surface area is 110 Å². The Balaban J connectivity index is 2.70. The lowest BCUT2D eigenvalue weighted by atomic mass is 10.4. The minimum atomic E-state index is 0.100. The molecule has 94 valence electrons. The number of anilines is 1. The van der Waals surface area contributed by atoms with Gasteiger partial charge in [-0.15, -0.1) is 0 Å². The zero-order valence-corrected chi connectivity index (χ0v) is 11.9. The van der Waals surface area contributed by atoms with Crippen LogP contribution in [0.2, 0.25) is 0 Å². The molecule has 1 aromatic heterocycles. The van der Waals surface area contributed by atoms with Crippen LogP contribution in [-0.2, 0) is 4.79 Å². The normalized spacial score (nSPS) is 10.1. The molecule has 0 atom stereocenters. The van der Waals surface area contributed by atoms with Gasteiger partial charge in [-0.3, -0.25) is 4.79 Å². The van der Waals surface area contributed by atoms with E-state index >= 15 is 0 Å². The molecular weight excluding hydrogens is 284 g/mol. The fourth-order valence-electron chi connectivity index (χ4n) is 1.54. The summed E-state index contributed by atoms with van der Waals surface area (Å²) in [4.78, 5) is 23.6. The van der Waals surface area contributed by atoms with Crippen molar-refractivity contribution in [3.05, 3.63) is 17.0 Å². The first kappa shape index (κ1) is 13.9. The number of amides is 1. The summed E-state index contributed by atoms with van der Waals surface area (Å²) in [5.74, 6) is 0.823. The van der Waals surface area contributed by atoms with E-state index in [4.69, 9.17) is 0 Å². The lowest BCUT2D eigenvalue weighted by molar-refractivity contribution is -0.129. The molecule has 1 aromatic rings. The summed E-state index contributed by atoms with van der Waals surface area (Å²) < 4.78 is 0.787. The third-order valence-corrected chi connectivity index (χ3v) is 3.06. The largest absolute Gasteiger partial charge is 0.349 e. The second-order valence-corrected chi connectivity index (χ2v) is 4.47. The van der Waals surface area contributed by atoms with Crippen molar-refractivity contribution < 1.29 is 4.79 Å². The summed E-state index contributed by atoms with van der Waals surface area (Å²) in [6, 6.07) is 0. The van der Waals surface area contributed by atoms with E-state index in [1.807, 2.05) is 25.8 Å². The van der Waals surface area contributed by atoms with Crippen LogP contribution in [0, 0.1) is 0 Å². The van der Waals surface area contributed by atoms with Gasteiger partial charge in [-0.2, -0.15) is 0 Å². The number of nitrogens with zero attached hydrogens (tertiary/aromatic N) is 4. The molecule has 0 N–H and O–H groups in total. The van der Waals surface area contributed by atoms with E-state index in [0.717, 1.165) is 23.4 Å². The molecule has 1 rings (SSSR count). The molecule has 0 unspecified atom stereocenters. The van der Waals surface area contributed by atoms with E-state index < -0.39 is 0 Å². The Bertz CT molecular complexity index is 381. The van der Waals surface area contributed by atoms with Crippen molar-refractivity contribution in [3.8, 4) is 0 Å². The van der Waals surface area contributed by atoms with Gasteiger partial charge in [0.2, 0.25) is 5.91 Å². The highest BCUT2D eigenvalue weighted by Crippen LogP contribution is 2.20. The molecule has 1 heterocycles. The van der Waals surface area contributed by atoms with Crippen LogP contribution >= 0.6 is 15.9 Å². The quantitative estimate of drug-likeness (QED) is 0.828. The lowest BCUT2D eigenvalue weighted by Crippen LogP contribution is -2.39. The van der Waals surface area contributed by atoms with E-state index in [9.17, 15) is 4.79 Å². The van der Waals surface area contributed by atoms with E-state index in [-0.39, 0.29) is 5.91 Å². The van der Waals surface area contributed by atoms with Gasteiger partial charge in [0.1, 0.15) is 12.1 Å². The fraction of sp³-hybridized carbons (Fsp3) is 0.545. The average Bonchev–Trinajstić information content (AvgIpc) is 2.31. The van der Waals surface area contributed by atoms with Crippen LogP contribution in [-0.4, -0.2) is 47.5 Å². The number of halogens is 1. The van der Waals surface area contributed by atoms with Crippen LogP contribution in [0.4, 0.5) is 5.82 Å². The number of hydrogen-bond donors (Lipinski definition) is 0. The lowest BCUT2D eigenvalue weighted by Gasteiger charge is -2.24. The molecule has 0 saturated carbocycles. The number of aromatic nitrogens is 2. The van der Waals surface area contributed by atoms with Crippen LogP contribution < -0.4 is 4.90 Å². The SMILES string of the molecule is CCN(CC)C(=O)CN(C)c1ncncc1Br. The van der Waals surface area contributed by atoms with Crippen molar-refractivity contribution >= 4 is 27.7 Å². The first-order chi connectivity index (χ1) is 8.10. The molecule has 0 aliphatic heterocycles. The molecule has 0 bridgehead atoms. The minimum absolute atomic E-state index is 0.100. The first-order valence-corrected chi connectivity index (χ1v) is 6.33. The Morgan fingerprint density at radius 1 is 1.41 bits per heavy atom. The molecule has 1 amide bonds. The highest BCUT2D eigenvalue weighted by Gasteiger charge is 2.15. The van der Waals surface area contributed by atoms with Gasteiger partial charge in [-0.05, 0) is 29.8 Å². The summed E-state index contributed by atoms with van der Waals surface area (Å²) in [5, 5.41) is 0. The van der Waals surface area contributed by atoms with Crippen LogP contribution in [0.15, 0.2) is 17.0 Å². The summed E-state index contributed by atoms with van der Waals surface area (Å²) in [5.41, 5.74) is 0. The van der Waals surface area contributed by atoms with E-state index in [1.54, 1.807) is 11.1 Å². The van der Waals surface area contributed by atoms with Crippen molar-refractivity contribution in [1.82, 2.24) is 14.9 Å². The summed E-state index contributed by atoms with van der Waals surface area (Å²) in [7, 11) is 1.84. The third-order valence-electron chi connectivity index (χ3n) is 2.50. The van der Waals surface area contributed by atoms with Crippen molar-refractivity contribution in [2.45, 2.75) is 13.8 Å². The molecule has 0 fully saturated rings. The van der Waals surface area contributed by atoms with Gasteiger partial charge >= 0.3 is 0 Å². The molecule has 0 aliphatic rings. The molecule has 0 spiro atoms. The second-order valence-electron chi connectivity index (χ2n) is 3.62. The predicted octanol–water partition coefficient (Wildman–Crippen LogP) is 1.54. The highest BCUT2D eigenvalue weighted by molar-refractivity contribution is 9.10. The zero-order valence-electron chi connectivity index (χ0n) is 10.4. The van der Waals surface area contributed by atoms with Crippen molar-refractivity contribution in [3.63, 3.8) is 0 Å². The Kier molecular flexibility index (Phi) is 5.34. The number of likely N-dealkylation sites (N-methyl/N-ethyl adjacent to an activating group) is 2. The Morgan fingerprint density at radius 3 is 2.59 bits per heavy atom. The van der Waals surface area contributed by atoms with Gasteiger partial charge in [0.25, 0.3) is 0 Å². The highest BCUT2D eigenvalue weighted by atomic mass is 79.9. The fourth-order valence-corrected chi connectivity index (χ4v) is 2.06. The Hall–Kier alpha value is -1.17. The molecule has 0 saturated heterocycles. The predicted molar refractivity (Wildman–Crippen MR) is 70.9 cm³/mol. The molecule has 17 heavy (non-hydrogen) atoms. The van der Waals surface area contributed by atoms with Gasteiger partial charge in [0, 0.05) is 26.3 Å². The first-order valence-electron chi connectivity index (χ1n) is 5.54. The monoisotopic (exact) mass is 300 g/mol. The zero-order chi connectivity index (χ0) is 12.8. The van der Waals surface area contributed by atoms with Crippen LogP contribution in [0.25, 0.3) is 0 Å². The van der Waals surface area contributed by atoms with Gasteiger partial charge in [-0.25, -0.2) is 9.97 Å². The molecule has 6 heteroatoms. The smallest absolute Gasteiger partial charge is 0.242 e. The molecule has 5 nitrogen and oxygen atoms in total. The number of carbonyl (C=O) groups is 1. The number of rotatable bonds is 5. The van der Waals surface area contributed by atoms with E-state index in [2.05, 4.69) is 25.9 Å². The molecule has 0 radical (unpaired) electrons. The Morgan fingerprint density at radius 2 is 2.06 bits per heavy atom. The van der Waals surface area contributed by atoms with Crippen molar-refractivity contribution in [1.29, 1.82) is 0 Å². The van der Waals surface area contributed by atoms with Crippen LogP contribution in [0.5, 0.6) is 0 Å². The van der Waals surface area contributed by atoms with Crippen LogP contribution in [0.1, 0.15) is 13.8 Å². The minimum Gasteiger partial charge on any atom is -0.349 e. The molecule has 0 aromatic carbocycles. The standard InChI is InChI=1S/C11H17BrN4O/c1-4-16(5-2)10(17)7-15(3)11-9(12)6-13-8-14-11/h6,8H,4-5,7H2,1-3H3. The van der Waals surface area contributed by atoms with Crippen molar-refractivity contribution in [2.75, 3.05) is 31.6 Å². The second kappa shape index (κ2) is 6.54. The summed E-state index contributed by atoms with van der Waals surface area (Å²) >= 11 is 3.37. The van der Waals surface area contributed by atoms with Gasteiger partial charge in [0.15, 0.2) is 0 Å². The van der Waals surface area contributed by atoms with Gasteiger partial charge in [0.05, 0.1) is 11.0 Å². The van der Waals surface area contributed by atoms with Gasteiger partial charge < -0.3 is 9.80 Å². The van der Waals surface area contributed by atoms with E-state index in [0.29, 0.717) is 6.54 Å². The average molecular weight is 301 g/mol. The third kappa shape index (κ3) is 3.66. The van der Waals surface area contributed by atoms with E-state index in [1.165, 1.54) is 6.33 Å². The maximum Gasteiger partial charge on any atom is 0.242 e. The summed E-state index contributed by atoms with van der Waals surface area (Å²) in [6.07, 6.45) is 3.14. The van der Waals surface area contributed by atoms with Crippen molar-refractivity contribution in [2.24, 2.45) is 0 Å². The molecule has 0 aliphatic carbocycles. The maximum atomic E-state index is 11.9. The summed E-state index contributed by atoms with van der Waals surface area (Å²) in [6.45, 7) is 5.73. The van der Waals surface area contributed by atoms with Crippen LogP contribution in [0.3, 0.4) is 0 Å². The maximum absolute atomic E-state index is 11.9. The number of hydrogen-bond acceptors (Lipinski definition) is 4. The topological polar surface area (TPSA) is 49.3 Å².